The Morgan fingerprint density at radius 2 is 1.85 bits per heavy atom. The van der Waals surface area contributed by atoms with Crippen molar-refractivity contribution in [1.29, 1.82) is 0 Å². The predicted molar refractivity (Wildman–Crippen MR) is 54.7 cm³/mol. The van der Waals surface area contributed by atoms with Crippen LogP contribution in [-0.2, 0) is 0 Å². The summed E-state index contributed by atoms with van der Waals surface area (Å²) in [5.74, 6) is 2.08. The van der Waals surface area contributed by atoms with Gasteiger partial charge in [-0.2, -0.15) is 0 Å². The van der Waals surface area contributed by atoms with Crippen LogP contribution in [0.25, 0.3) is 0 Å². The van der Waals surface area contributed by atoms with Crippen molar-refractivity contribution in [2.75, 3.05) is 13.1 Å². The summed E-state index contributed by atoms with van der Waals surface area (Å²) in [6, 6.07) is 0. The number of rotatable bonds is 1. The molecule has 0 radical (unpaired) electrons. The Morgan fingerprint density at radius 3 is 2.54 bits per heavy atom. The summed E-state index contributed by atoms with van der Waals surface area (Å²) >= 11 is 0. The average Bonchev–Trinajstić information content (AvgIpc) is 2.66. The van der Waals surface area contributed by atoms with E-state index in [0.29, 0.717) is 0 Å². The van der Waals surface area contributed by atoms with E-state index >= 15 is 0 Å². The second-order valence-corrected chi connectivity index (χ2v) is 5.42. The van der Waals surface area contributed by atoms with Crippen LogP contribution in [0.1, 0.15) is 45.4 Å². The monoisotopic (exact) mass is 179 g/mol. The molecule has 3 atom stereocenters. The second kappa shape index (κ2) is 2.73. The molecule has 1 heterocycles. The van der Waals surface area contributed by atoms with E-state index in [0.717, 1.165) is 17.4 Å². The van der Waals surface area contributed by atoms with E-state index in [-0.39, 0.29) is 0 Å². The molecule has 3 rings (SSSR count). The van der Waals surface area contributed by atoms with Gasteiger partial charge in [0.15, 0.2) is 0 Å². The Balaban J connectivity index is 1.80. The Morgan fingerprint density at radius 1 is 1.08 bits per heavy atom. The molecule has 0 amide bonds. The quantitative estimate of drug-likeness (QED) is 0.598. The molecule has 2 saturated carbocycles. The number of likely N-dealkylation sites (tertiary alicyclic amines) is 1. The molecule has 3 fully saturated rings. The van der Waals surface area contributed by atoms with Crippen molar-refractivity contribution in [1.82, 2.24) is 4.90 Å². The van der Waals surface area contributed by atoms with Crippen molar-refractivity contribution in [2.24, 2.45) is 11.8 Å². The Hall–Kier alpha value is -0.0400. The maximum absolute atomic E-state index is 2.83. The molecule has 1 unspecified atom stereocenters. The Labute approximate surface area is 81.5 Å². The molecule has 1 heteroatoms. The van der Waals surface area contributed by atoms with Crippen LogP contribution in [0.4, 0.5) is 0 Å². The molecule has 2 aliphatic carbocycles. The maximum Gasteiger partial charge on any atom is 0.0267 e. The number of nitrogens with zero attached hydrogens (tertiary/aromatic N) is 1. The van der Waals surface area contributed by atoms with Gasteiger partial charge >= 0.3 is 0 Å². The van der Waals surface area contributed by atoms with Crippen molar-refractivity contribution >= 4 is 0 Å². The third-order valence-electron chi connectivity index (χ3n) is 4.86. The molecular formula is C12H21N. The zero-order valence-corrected chi connectivity index (χ0v) is 8.76. The minimum atomic E-state index is 0.717. The topological polar surface area (TPSA) is 3.24 Å². The summed E-state index contributed by atoms with van der Waals surface area (Å²) in [5.41, 5.74) is 0.717. The predicted octanol–water partition coefficient (Wildman–Crippen LogP) is 2.66. The highest BCUT2D eigenvalue weighted by atomic mass is 15.3. The van der Waals surface area contributed by atoms with Crippen LogP contribution in [0.15, 0.2) is 0 Å². The largest absolute Gasteiger partial charge is 0.297 e. The lowest BCUT2D eigenvalue weighted by Crippen LogP contribution is -2.43. The van der Waals surface area contributed by atoms with Gasteiger partial charge in [-0.05, 0) is 57.0 Å². The van der Waals surface area contributed by atoms with E-state index in [9.17, 15) is 0 Å². The van der Waals surface area contributed by atoms with Gasteiger partial charge in [-0.1, -0.05) is 13.3 Å². The minimum Gasteiger partial charge on any atom is -0.297 e. The van der Waals surface area contributed by atoms with Crippen LogP contribution >= 0.6 is 0 Å². The van der Waals surface area contributed by atoms with Crippen molar-refractivity contribution in [3.8, 4) is 0 Å². The highest BCUT2D eigenvalue weighted by Gasteiger charge is 2.61. The van der Waals surface area contributed by atoms with Gasteiger partial charge in [0.25, 0.3) is 0 Å². The molecule has 0 aromatic heterocycles. The fraction of sp³-hybridized carbons (Fsp3) is 1.00. The standard InChI is InChI=1S/C12H21N/c1-10-5-4-6-11-9-12(10,11)13-7-2-3-8-13/h10-11H,2-9H2,1H3/t10-,11?,12+/m0/s1. The molecule has 1 nitrogen and oxygen atoms in total. The zero-order chi connectivity index (χ0) is 8.89. The van der Waals surface area contributed by atoms with E-state index in [4.69, 9.17) is 0 Å². The van der Waals surface area contributed by atoms with Gasteiger partial charge in [0, 0.05) is 5.54 Å². The fourth-order valence-corrected chi connectivity index (χ4v) is 4.04. The maximum atomic E-state index is 2.83. The first kappa shape index (κ1) is 8.28. The highest BCUT2D eigenvalue weighted by molar-refractivity contribution is 5.16. The van der Waals surface area contributed by atoms with E-state index in [1.807, 2.05) is 0 Å². The van der Waals surface area contributed by atoms with Crippen LogP contribution in [0.5, 0.6) is 0 Å². The van der Waals surface area contributed by atoms with E-state index in [2.05, 4.69) is 11.8 Å². The van der Waals surface area contributed by atoms with Crippen LogP contribution < -0.4 is 0 Å². The third-order valence-corrected chi connectivity index (χ3v) is 4.86. The normalized spacial score (nSPS) is 50.5. The molecule has 1 aliphatic heterocycles. The van der Waals surface area contributed by atoms with Gasteiger partial charge in [-0.15, -0.1) is 0 Å². The third kappa shape index (κ3) is 1.03. The molecule has 0 spiro atoms. The number of hydrogen-bond donors (Lipinski definition) is 0. The van der Waals surface area contributed by atoms with Gasteiger partial charge in [0.05, 0.1) is 0 Å². The van der Waals surface area contributed by atoms with Gasteiger partial charge < -0.3 is 0 Å². The molecule has 0 aromatic rings. The molecule has 3 aliphatic rings. The molecule has 0 aromatic carbocycles. The van der Waals surface area contributed by atoms with Crippen molar-refractivity contribution in [3.05, 3.63) is 0 Å². The van der Waals surface area contributed by atoms with Crippen molar-refractivity contribution in [2.45, 2.75) is 51.0 Å². The van der Waals surface area contributed by atoms with Crippen molar-refractivity contribution in [3.63, 3.8) is 0 Å². The minimum absolute atomic E-state index is 0.717. The van der Waals surface area contributed by atoms with Gasteiger partial charge in [-0.25, -0.2) is 0 Å². The fourth-order valence-electron chi connectivity index (χ4n) is 4.04. The highest BCUT2D eigenvalue weighted by Crippen LogP contribution is 2.60. The first-order valence-electron chi connectivity index (χ1n) is 6.09. The summed E-state index contributed by atoms with van der Waals surface area (Å²) in [7, 11) is 0. The first-order chi connectivity index (χ1) is 6.34. The lowest BCUT2D eigenvalue weighted by molar-refractivity contribution is 0.114. The van der Waals surface area contributed by atoms with Crippen LogP contribution in [-0.4, -0.2) is 23.5 Å². The summed E-state index contributed by atoms with van der Waals surface area (Å²) in [6.07, 6.45) is 8.98. The van der Waals surface area contributed by atoms with Crippen LogP contribution in [0, 0.1) is 11.8 Å². The SMILES string of the molecule is C[C@H]1CCCC2C[C@]21N1CCCC1. The lowest BCUT2D eigenvalue weighted by atomic mass is 9.84. The number of fused-ring (bicyclic) bond motifs is 1. The summed E-state index contributed by atoms with van der Waals surface area (Å²) in [4.78, 5) is 2.83. The number of hydrogen-bond acceptors (Lipinski definition) is 1. The van der Waals surface area contributed by atoms with Gasteiger partial charge in [0.2, 0.25) is 0 Å². The van der Waals surface area contributed by atoms with Crippen molar-refractivity contribution < 1.29 is 0 Å². The zero-order valence-electron chi connectivity index (χ0n) is 8.76. The van der Waals surface area contributed by atoms with E-state index in [1.165, 1.54) is 51.6 Å². The van der Waals surface area contributed by atoms with Crippen LogP contribution in [0.2, 0.25) is 0 Å². The first-order valence-corrected chi connectivity index (χ1v) is 6.09. The molecule has 13 heavy (non-hydrogen) atoms. The average molecular weight is 179 g/mol. The van der Waals surface area contributed by atoms with E-state index < -0.39 is 0 Å². The van der Waals surface area contributed by atoms with E-state index in [1.54, 1.807) is 0 Å². The molecule has 0 bridgehead atoms. The van der Waals surface area contributed by atoms with Gasteiger partial charge in [-0.3, -0.25) is 4.90 Å². The van der Waals surface area contributed by atoms with Crippen LogP contribution in [0.3, 0.4) is 0 Å². The summed E-state index contributed by atoms with van der Waals surface area (Å²) in [6.45, 7) is 5.30. The molecule has 1 saturated heterocycles. The summed E-state index contributed by atoms with van der Waals surface area (Å²) in [5, 5.41) is 0. The Bertz CT molecular complexity index is 207. The lowest BCUT2D eigenvalue weighted by Gasteiger charge is -2.37. The molecule has 74 valence electrons. The molecule has 0 N–H and O–H groups in total. The van der Waals surface area contributed by atoms with Gasteiger partial charge in [0.1, 0.15) is 0 Å². The summed E-state index contributed by atoms with van der Waals surface area (Å²) < 4.78 is 0. The Kier molecular flexibility index (Phi) is 1.74. The second-order valence-electron chi connectivity index (χ2n) is 5.42. The molecular weight excluding hydrogens is 158 g/mol. The smallest absolute Gasteiger partial charge is 0.0267 e.